The molecule has 7 nitrogen and oxygen atoms in total. The lowest BCUT2D eigenvalue weighted by atomic mass is 10.2. The first-order valence-electron chi connectivity index (χ1n) is 9.31. The fourth-order valence-corrected chi connectivity index (χ4v) is 3.45. The molecule has 1 aromatic heterocycles. The Morgan fingerprint density at radius 1 is 1.03 bits per heavy atom. The number of rotatable bonds is 8. The predicted octanol–water partition coefficient (Wildman–Crippen LogP) is 3.06. The van der Waals surface area contributed by atoms with Crippen LogP contribution in [0.4, 0.5) is 0 Å². The molecule has 30 heavy (non-hydrogen) atoms. The van der Waals surface area contributed by atoms with Gasteiger partial charge in [-0.3, -0.25) is 0 Å². The largest absolute Gasteiger partial charge is 0.469 e. The van der Waals surface area contributed by atoms with Gasteiger partial charge in [-0.2, -0.15) is 0 Å². The van der Waals surface area contributed by atoms with Gasteiger partial charge < -0.3 is 15.1 Å². The van der Waals surface area contributed by atoms with E-state index in [2.05, 4.69) is 15.6 Å². The van der Waals surface area contributed by atoms with Gasteiger partial charge in [0.2, 0.25) is 10.0 Å². The van der Waals surface area contributed by atoms with E-state index in [1.165, 1.54) is 12.1 Å². The Morgan fingerprint density at radius 2 is 1.83 bits per heavy atom. The van der Waals surface area contributed by atoms with Gasteiger partial charge in [-0.1, -0.05) is 35.9 Å². The molecule has 0 bridgehead atoms. The molecule has 1 heterocycles. The average Bonchev–Trinajstić information content (AvgIpc) is 3.23. The number of sulfonamides is 1. The summed E-state index contributed by atoms with van der Waals surface area (Å²) in [5, 5.41) is 12.3. The third kappa shape index (κ3) is 6.91. The maximum absolute atomic E-state index is 11.4. The zero-order valence-corrected chi connectivity index (χ0v) is 17.8. The van der Waals surface area contributed by atoms with E-state index in [4.69, 9.17) is 21.2 Å². The fourth-order valence-electron chi connectivity index (χ4n) is 2.72. The van der Waals surface area contributed by atoms with Crippen LogP contribution in [0, 0.1) is 0 Å². The zero-order chi connectivity index (χ0) is 21.4. The Hall–Kier alpha value is -2.81. The molecule has 3 rings (SSSR count). The molecular weight excluding hydrogens is 424 g/mol. The summed E-state index contributed by atoms with van der Waals surface area (Å²) in [6, 6.07) is 17.7. The van der Waals surface area contributed by atoms with E-state index in [0.717, 1.165) is 16.9 Å². The van der Waals surface area contributed by atoms with E-state index in [0.29, 0.717) is 37.0 Å². The van der Waals surface area contributed by atoms with E-state index in [1.807, 2.05) is 36.4 Å². The lowest BCUT2D eigenvalue weighted by Gasteiger charge is -2.13. The van der Waals surface area contributed by atoms with Gasteiger partial charge in [-0.15, -0.1) is 0 Å². The van der Waals surface area contributed by atoms with Crippen molar-refractivity contribution in [1.82, 2.24) is 10.6 Å². The second-order valence-corrected chi connectivity index (χ2v) is 8.59. The first-order chi connectivity index (χ1) is 14.4. The second kappa shape index (κ2) is 10.3. The summed E-state index contributed by atoms with van der Waals surface area (Å²) >= 11 is 6.04. The molecule has 0 radical (unpaired) electrons. The van der Waals surface area contributed by atoms with Crippen LogP contribution in [0.2, 0.25) is 5.02 Å². The summed E-state index contributed by atoms with van der Waals surface area (Å²) < 4.78 is 28.1. The van der Waals surface area contributed by atoms with Gasteiger partial charge in [0.1, 0.15) is 5.76 Å². The van der Waals surface area contributed by atoms with Crippen molar-refractivity contribution in [2.75, 3.05) is 6.54 Å². The number of aliphatic imine (C=N–C) groups is 1. The van der Waals surface area contributed by atoms with Crippen molar-refractivity contribution >= 4 is 27.6 Å². The van der Waals surface area contributed by atoms with Crippen molar-refractivity contribution in [2.24, 2.45) is 10.1 Å². The van der Waals surface area contributed by atoms with Crippen molar-refractivity contribution in [1.29, 1.82) is 0 Å². The zero-order valence-electron chi connectivity index (χ0n) is 16.2. The lowest BCUT2D eigenvalue weighted by Crippen LogP contribution is -2.38. The molecule has 0 amide bonds. The molecule has 0 spiro atoms. The van der Waals surface area contributed by atoms with Crippen LogP contribution in [0.5, 0.6) is 0 Å². The number of primary sulfonamides is 1. The summed E-state index contributed by atoms with van der Waals surface area (Å²) in [6.45, 7) is 1.56. The highest BCUT2D eigenvalue weighted by Crippen LogP contribution is 2.12. The van der Waals surface area contributed by atoms with Gasteiger partial charge in [0.25, 0.3) is 0 Å². The Bertz CT molecular complexity index is 1080. The number of benzene rings is 2. The van der Waals surface area contributed by atoms with E-state index < -0.39 is 10.0 Å². The number of hydrogen-bond acceptors (Lipinski definition) is 4. The molecule has 0 fully saturated rings. The number of hydrogen-bond donors (Lipinski definition) is 3. The number of nitrogens with two attached hydrogens (primary N) is 1. The molecule has 4 N–H and O–H groups in total. The summed E-state index contributed by atoms with van der Waals surface area (Å²) in [5.41, 5.74) is 1.89. The molecule has 158 valence electrons. The fraction of sp³-hybridized carbons (Fsp3) is 0.190. The monoisotopic (exact) mass is 446 g/mol. The lowest BCUT2D eigenvalue weighted by molar-refractivity contribution is 0.506. The number of nitrogens with zero attached hydrogens (tertiary/aromatic N) is 1. The van der Waals surface area contributed by atoms with Gasteiger partial charge in [-0.05, 0) is 47.5 Å². The van der Waals surface area contributed by atoms with Crippen LogP contribution in [0.3, 0.4) is 0 Å². The van der Waals surface area contributed by atoms with E-state index in [-0.39, 0.29) is 4.90 Å². The molecule has 0 unspecified atom stereocenters. The van der Waals surface area contributed by atoms with Gasteiger partial charge in [-0.25, -0.2) is 18.5 Å². The quantitative estimate of drug-likeness (QED) is 0.364. The third-order valence-electron chi connectivity index (χ3n) is 4.26. The van der Waals surface area contributed by atoms with Crippen LogP contribution in [0.15, 0.2) is 81.2 Å². The standard InChI is InChI=1S/C21H23ClN4O3S/c22-18-4-1-3-17(13-18)15-26-21(24-11-10-19-5-2-12-29-19)25-14-16-6-8-20(9-7-16)30(23,27)28/h1-9,12-13H,10-11,14-15H2,(H2,23,27,28)(H2,24,25,26). The van der Waals surface area contributed by atoms with Gasteiger partial charge in [0.15, 0.2) is 5.96 Å². The number of furan rings is 1. The first kappa shape index (κ1) is 21.9. The molecule has 0 aliphatic heterocycles. The van der Waals surface area contributed by atoms with Crippen molar-refractivity contribution in [2.45, 2.75) is 24.4 Å². The third-order valence-corrected chi connectivity index (χ3v) is 5.43. The van der Waals surface area contributed by atoms with Crippen LogP contribution in [0.1, 0.15) is 16.9 Å². The molecular formula is C21H23ClN4O3S. The minimum atomic E-state index is -3.70. The molecule has 0 saturated carbocycles. The van der Waals surface area contributed by atoms with Gasteiger partial charge in [0, 0.05) is 24.5 Å². The number of guanidine groups is 1. The average molecular weight is 447 g/mol. The summed E-state index contributed by atoms with van der Waals surface area (Å²) in [5.74, 6) is 1.51. The smallest absolute Gasteiger partial charge is 0.238 e. The molecule has 0 saturated heterocycles. The van der Waals surface area contributed by atoms with Crippen LogP contribution in [-0.4, -0.2) is 20.9 Å². The molecule has 0 aliphatic rings. The van der Waals surface area contributed by atoms with E-state index in [1.54, 1.807) is 18.4 Å². The maximum atomic E-state index is 11.4. The highest BCUT2D eigenvalue weighted by atomic mass is 35.5. The molecule has 3 aromatic rings. The van der Waals surface area contributed by atoms with E-state index >= 15 is 0 Å². The summed E-state index contributed by atoms with van der Waals surface area (Å²) in [4.78, 5) is 4.70. The molecule has 2 aromatic carbocycles. The van der Waals surface area contributed by atoms with E-state index in [9.17, 15) is 8.42 Å². The normalized spacial score (nSPS) is 12.0. The molecule has 9 heteroatoms. The SMILES string of the molecule is NS(=O)(=O)c1ccc(CNC(=NCc2cccc(Cl)c2)NCCc2ccco2)cc1. The Morgan fingerprint density at radius 3 is 2.50 bits per heavy atom. The minimum Gasteiger partial charge on any atom is -0.469 e. The van der Waals surface area contributed by atoms with Crippen LogP contribution >= 0.6 is 11.6 Å². The minimum absolute atomic E-state index is 0.0812. The Balaban J connectivity index is 1.64. The Kier molecular flexibility index (Phi) is 7.51. The number of nitrogens with one attached hydrogen (secondary N) is 2. The highest BCUT2D eigenvalue weighted by Gasteiger charge is 2.07. The van der Waals surface area contributed by atoms with Crippen molar-refractivity contribution < 1.29 is 12.8 Å². The van der Waals surface area contributed by atoms with Crippen molar-refractivity contribution in [3.8, 4) is 0 Å². The molecule has 0 atom stereocenters. The first-order valence-corrected chi connectivity index (χ1v) is 11.2. The van der Waals surface area contributed by atoms with Crippen LogP contribution in [-0.2, 0) is 29.5 Å². The van der Waals surface area contributed by atoms with Gasteiger partial charge in [0.05, 0.1) is 17.7 Å². The van der Waals surface area contributed by atoms with Crippen molar-refractivity contribution in [3.63, 3.8) is 0 Å². The molecule has 0 aliphatic carbocycles. The predicted molar refractivity (Wildman–Crippen MR) is 118 cm³/mol. The topological polar surface area (TPSA) is 110 Å². The highest BCUT2D eigenvalue weighted by molar-refractivity contribution is 7.89. The van der Waals surface area contributed by atoms with Crippen LogP contribution in [0.25, 0.3) is 0 Å². The Labute approximate surface area is 181 Å². The maximum Gasteiger partial charge on any atom is 0.238 e. The number of halogens is 1. The second-order valence-electron chi connectivity index (χ2n) is 6.59. The summed E-state index contributed by atoms with van der Waals surface area (Å²) in [7, 11) is -3.70. The van der Waals surface area contributed by atoms with Crippen LogP contribution < -0.4 is 15.8 Å². The van der Waals surface area contributed by atoms with Crippen molar-refractivity contribution in [3.05, 3.63) is 88.8 Å². The van der Waals surface area contributed by atoms with Gasteiger partial charge >= 0.3 is 0 Å². The summed E-state index contributed by atoms with van der Waals surface area (Å²) in [6.07, 6.45) is 2.36.